The highest BCUT2D eigenvalue weighted by Gasteiger charge is 1.84. The molecule has 4 heteroatoms. The molecule has 2 aromatic rings. The minimum atomic E-state index is 0.442. The number of benzene rings is 2. The molecule has 0 amide bonds. The van der Waals surface area contributed by atoms with Crippen molar-refractivity contribution in [3.8, 4) is 0 Å². The zero-order chi connectivity index (χ0) is 13.1. The Morgan fingerprint density at radius 3 is 1.78 bits per heavy atom. The van der Waals surface area contributed by atoms with Crippen LogP contribution in [0.1, 0.15) is 11.1 Å². The summed E-state index contributed by atoms with van der Waals surface area (Å²) in [5, 5.41) is 3.42. The van der Waals surface area contributed by atoms with Gasteiger partial charge in [0.1, 0.15) is 0 Å². The van der Waals surface area contributed by atoms with Crippen LogP contribution in [0.2, 0.25) is 0 Å². The van der Waals surface area contributed by atoms with Crippen LogP contribution in [0.4, 0.5) is 0 Å². The van der Waals surface area contributed by atoms with Crippen molar-refractivity contribution >= 4 is 0 Å². The summed E-state index contributed by atoms with van der Waals surface area (Å²) in [5.41, 5.74) is 15.6. The second-order valence-corrected chi connectivity index (χ2v) is 3.56. The van der Waals surface area contributed by atoms with E-state index in [0.717, 1.165) is 5.56 Å². The van der Waals surface area contributed by atoms with Gasteiger partial charge in [-0.1, -0.05) is 65.8 Å². The lowest BCUT2D eigenvalue weighted by Crippen LogP contribution is -1.94. The first-order valence-corrected chi connectivity index (χ1v) is 5.65. The molecule has 0 aromatic heterocycles. The van der Waals surface area contributed by atoms with Crippen LogP contribution < -0.4 is 5.73 Å². The molecule has 0 unspecified atom stereocenters. The first-order chi connectivity index (χ1) is 8.86. The van der Waals surface area contributed by atoms with Crippen LogP contribution in [-0.4, -0.2) is 0 Å². The van der Waals surface area contributed by atoms with Gasteiger partial charge in [0.2, 0.25) is 0 Å². The fourth-order valence-electron chi connectivity index (χ4n) is 1.31. The SMILES string of the molecule is NCc1ccccc1.[N-]=[N+]=NCc1ccccc1. The van der Waals surface area contributed by atoms with Crippen LogP contribution in [0.15, 0.2) is 65.8 Å². The Morgan fingerprint density at radius 1 is 0.889 bits per heavy atom. The van der Waals surface area contributed by atoms with E-state index < -0.39 is 0 Å². The molecule has 0 bridgehead atoms. The monoisotopic (exact) mass is 240 g/mol. The Kier molecular flexibility index (Phi) is 6.75. The van der Waals surface area contributed by atoms with Gasteiger partial charge in [-0.05, 0) is 16.7 Å². The molecule has 92 valence electrons. The van der Waals surface area contributed by atoms with Gasteiger partial charge < -0.3 is 5.73 Å². The average Bonchev–Trinajstić information content (AvgIpc) is 2.48. The summed E-state index contributed by atoms with van der Waals surface area (Å²) in [6.07, 6.45) is 0. The maximum Gasteiger partial charge on any atom is 0.0510 e. The molecule has 0 spiro atoms. The number of nitrogens with two attached hydrogens (primary N) is 1. The highest BCUT2D eigenvalue weighted by atomic mass is 15.1. The van der Waals surface area contributed by atoms with E-state index in [2.05, 4.69) is 10.0 Å². The average molecular weight is 240 g/mol. The van der Waals surface area contributed by atoms with Crippen LogP contribution in [0.3, 0.4) is 0 Å². The second kappa shape index (κ2) is 8.82. The van der Waals surface area contributed by atoms with Gasteiger partial charge in [-0.2, -0.15) is 0 Å². The van der Waals surface area contributed by atoms with Gasteiger partial charge in [0.25, 0.3) is 0 Å². The van der Waals surface area contributed by atoms with E-state index in [-0.39, 0.29) is 0 Å². The van der Waals surface area contributed by atoms with Crippen molar-refractivity contribution in [3.05, 3.63) is 82.2 Å². The molecule has 0 aliphatic carbocycles. The van der Waals surface area contributed by atoms with Gasteiger partial charge in [-0.3, -0.25) is 0 Å². The Morgan fingerprint density at radius 2 is 1.39 bits per heavy atom. The maximum atomic E-state index is 7.99. The Hall–Kier alpha value is -2.29. The van der Waals surface area contributed by atoms with Crippen molar-refractivity contribution in [1.82, 2.24) is 0 Å². The van der Waals surface area contributed by atoms with Crippen LogP contribution in [0.25, 0.3) is 10.4 Å². The largest absolute Gasteiger partial charge is 0.326 e. The molecule has 18 heavy (non-hydrogen) atoms. The molecule has 2 aromatic carbocycles. The van der Waals surface area contributed by atoms with Gasteiger partial charge in [-0.15, -0.1) is 0 Å². The molecular formula is C14H16N4. The molecule has 0 saturated heterocycles. The third-order valence-electron chi connectivity index (χ3n) is 2.24. The maximum absolute atomic E-state index is 7.99. The molecule has 0 aliphatic rings. The number of azide groups is 1. The second-order valence-electron chi connectivity index (χ2n) is 3.56. The molecule has 0 fully saturated rings. The normalized spacial score (nSPS) is 8.72. The molecule has 2 N–H and O–H groups in total. The summed E-state index contributed by atoms with van der Waals surface area (Å²) in [5.74, 6) is 0. The molecule has 0 heterocycles. The number of nitrogens with zero attached hydrogens (tertiary/aromatic N) is 3. The van der Waals surface area contributed by atoms with E-state index in [9.17, 15) is 0 Å². The Labute approximate surface area is 107 Å². The zero-order valence-electron chi connectivity index (χ0n) is 10.1. The van der Waals surface area contributed by atoms with E-state index in [1.807, 2.05) is 60.7 Å². The van der Waals surface area contributed by atoms with Gasteiger partial charge in [0.05, 0.1) is 6.54 Å². The van der Waals surface area contributed by atoms with Crippen molar-refractivity contribution in [1.29, 1.82) is 0 Å². The lowest BCUT2D eigenvalue weighted by Gasteiger charge is -1.90. The first kappa shape index (κ1) is 13.8. The summed E-state index contributed by atoms with van der Waals surface area (Å²) < 4.78 is 0. The predicted molar refractivity (Wildman–Crippen MR) is 73.6 cm³/mol. The molecular weight excluding hydrogens is 224 g/mol. The smallest absolute Gasteiger partial charge is 0.0510 e. The van der Waals surface area contributed by atoms with E-state index in [0.29, 0.717) is 13.1 Å². The predicted octanol–water partition coefficient (Wildman–Crippen LogP) is 3.64. The van der Waals surface area contributed by atoms with E-state index in [1.54, 1.807) is 0 Å². The van der Waals surface area contributed by atoms with Gasteiger partial charge >= 0.3 is 0 Å². The van der Waals surface area contributed by atoms with Crippen LogP contribution in [-0.2, 0) is 13.1 Å². The summed E-state index contributed by atoms with van der Waals surface area (Å²) in [6, 6.07) is 19.6. The third-order valence-corrected chi connectivity index (χ3v) is 2.24. The quantitative estimate of drug-likeness (QED) is 0.496. The minimum Gasteiger partial charge on any atom is -0.326 e. The van der Waals surface area contributed by atoms with Gasteiger partial charge in [0, 0.05) is 11.5 Å². The van der Waals surface area contributed by atoms with E-state index in [4.69, 9.17) is 11.3 Å². The summed E-state index contributed by atoms with van der Waals surface area (Å²) in [6.45, 7) is 1.08. The minimum absolute atomic E-state index is 0.442. The molecule has 0 atom stereocenters. The van der Waals surface area contributed by atoms with Crippen molar-refractivity contribution in [2.45, 2.75) is 13.1 Å². The first-order valence-electron chi connectivity index (χ1n) is 5.65. The zero-order valence-corrected chi connectivity index (χ0v) is 10.1. The number of rotatable bonds is 3. The fourth-order valence-corrected chi connectivity index (χ4v) is 1.31. The van der Waals surface area contributed by atoms with Crippen LogP contribution in [0, 0.1) is 0 Å². The van der Waals surface area contributed by atoms with Crippen molar-refractivity contribution in [3.63, 3.8) is 0 Å². The van der Waals surface area contributed by atoms with Crippen LogP contribution >= 0.6 is 0 Å². The summed E-state index contributed by atoms with van der Waals surface area (Å²) in [7, 11) is 0. The Bertz CT molecular complexity index is 476. The highest BCUT2D eigenvalue weighted by molar-refractivity contribution is 5.14. The molecule has 0 saturated carbocycles. The summed E-state index contributed by atoms with van der Waals surface area (Å²) >= 11 is 0. The molecule has 2 rings (SSSR count). The molecule has 4 nitrogen and oxygen atoms in total. The van der Waals surface area contributed by atoms with Crippen molar-refractivity contribution in [2.75, 3.05) is 0 Å². The van der Waals surface area contributed by atoms with Crippen molar-refractivity contribution in [2.24, 2.45) is 10.8 Å². The van der Waals surface area contributed by atoms with Gasteiger partial charge in [-0.25, -0.2) is 0 Å². The fraction of sp³-hybridized carbons (Fsp3) is 0.143. The number of hydrogen-bond donors (Lipinski definition) is 1. The highest BCUT2D eigenvalue weighted by Crippen LogP contribution is 1.99. The number of hydrogen-bond acceptors (Lipinski definition) is 2. The standard InChI is InChI=1S/C7H7N3.C7H9N/c8-10-9-6-7-4-2-1-3-5-7;8-6-7-4-2-1-3-5-7/h1-5H,6H2;1-5H,6,8H2. The van der Waals surface area contributed by atoms with Crippen molar-refractivity contribution < 1.29 is 0 Å². The lowest BCUT2D eigenvalue weighted by atomic mass is 10.2. The molecule has 0 radical (unpaired) electrons. The topological polar surface area (TPSA) is 74.8 Å². The van der Waals surface area contributed by atoms with E-state index >= 15 is 0 Å². The third kappa shape index (κ3) is 5.70. The van der Waals surface area contributed by atoms with Gasteiger partial charge in [0.15, 0.2) is 0 Å². The van der Waals surface area contributed by atoms with Crippen LogP contribution in [0.5, 0.6) is 0 Å². The summed E-state index contributed by atoms with van der Waals surface area (Å²) in [4.78, 5) is 2.66. The Balaban J connectivity index is 0.000000184. The lowest BCUT2D eigenvalue weighted by molar-refractivity contribution is 1.05. The van der Waals surface area contributed by atoms with E-state index in [1.165, 1.54) is 5.56 Å². The molecule has 0 aliphatic heterocycles.